The minimum atomic E-state index is -3.70. The van der Waals surface area contributed by atoms with Gasteiger partial charge in [0.25, 0.3) is 10.0 Å². The molecule has 0 saturated carbocycles. The Kier molecular flexibility index (Phi) is 5.00. The van der Waals surface area contributed by atoms with Crippen molar-refractivity contribution in [2.24, 2.45) is 10.1 Å². The molecule has 0 aliphatic carbocycles. The Hall–Kier alpha value is -3.18. The van der Waals surface area contributed by atoms with Crippen molar-refractivity contribution < 1.29 is 8.42 Å². The third-order valence-electron chi connectivity index (χ3n) is 3.86. The molecule has 3 rings (SSSR count). The molecule has 0 atom stereocenters. The summed E-state index contributed by atoms with van der Waals surface area (Å²) in [5, 5.41) is 13.1. The fraction of sp³-hybridized carbons (Fsp3) is 0.167. The summed E-state index contributed by atoms with van der Waals surface area (Å²) in [6, 6.07) is 15.7. The highest BCUT2D eigenvalue weighted by Crippen LogP contribution is 2.18. The molecule has 0 saturated heterocycles. The fourth-order valence-electron chi connectivity index (χ4n) is 2.47. The quantitative estimate of drug-likeness (QED) is 0.659. The van der Waals surface area contributed by atoms with Crippen LogP contribution in [-0.2, 0) is 10.0 Å². The minimum absolute atomic E-state index is 0.163. The summed E-state index contributed by atoms with van der Waals surface area (Å²) in [6.07, 6.45) is 1.47. The first-order valence-corrected chi connectivity index (χ1v) is 9.38. The maximum atomic E-state index is 12.8. The van der Waals surface area contributed by atoms with E-state index in [0.717, 1.165) is 5.56 Å². The average molecular weight is 367 g/mol. The lowest BCUT2D eigenvalue weighted by atomic mass is 10.1. The SMILES string of the molecule is Cc1ccc(S(=O)(=O)N2CCN=C2N/N=C/c2ccccc2C#N)cc1. The molecule has 1 heterocycles. The first-order chi connectivity index (χ1) is 12.5. The lowest BCUT2D eigenvalue weighted by Crippen LogP contribution is -2.40. The number of rotatable bonds is 4. The molecule has 0 fully saturated rings. The number of aryl methyl sites for hydroxylation is 1. The van der Waals surface area contributed by atoms with Crippen molar-refractivity contribution in [2.75, 3.05) is 13.1 Å². The first-order valence-electron chi connectivity index (χ1n) is 7.94. The zero-order valence-corrected chi connectivity index (χ0v) is 14.9. The van der Waals surface area contributed by atoms with E-state index in [0.29, 0.717) is 17.7 Å². The summed E-state index contributed by atoms with van der Waals surface area (Å²) in [5.74, 6) is 0.163. The highest BCUT2D eigenvalue weighted by molar-refractivity contribution is 7.89. The van der Waals surface area contributed by atoms with Gasteiger partial charge in [0.15, 0.2) is 0 Å². The molecule has 0 amide bonds. The van der Waals surface area contributed by atoms with E-state index >= 15 is 0 Å². The van der Waals surface area contributed by atoms with Gasteiger partial charge >= 0.3 is 0 Å². The van der Waals surface area contributed by atoms with Gasteiger partial charge in [0.2, 0.25) is 5.96 Å². The van der Waals surface area contributed by atoms with Gasteiger partial charge < -0.3 is 0 Å². The normalized spacial score (nSPS) is 14.3. The van der Waals surface area contributed by atoms with Crippen LogP contribution in [0.4, 0.5) is 0 Å². The zero-order valence-electron chi connectivity index (χ0n) is 14.1. The van der Waals surface area contributed by atoms with Crippen LogP contribution >= 0.6 is 0 Å². The lowest BCUT2D eigenvalue weighted by molar-refractivity contribution is 0.532. The van der Waals surface area contributed by atoms with Gasteiger partial charge in [0, 0.05) is 5.56 Å². The van der Waals surface area contributed by atoms with Gasteiger partial charge in [-0.1, -0.05) is 35.9 Å². The summed E-state index contributed by atoms with van der Waals surface area (Å²) in [7, 11) is -3.70. The summed E-state index contributed by atoms with van der Waals surface area (Å²) in [4.78, 5) is 4.38. The fourth-order valence-corrected chi connectivity index (χ4v) is 3.85. The van der Waals surface area contributed by atoms with Crippen molar-refractivity contribution in [3.05, 3.63) is 65.2 Å². The number of nitrogens with one attached hydrogen (secondary N) is 1. The number of hydrogen-bond donors (Lipinski definition) is 1. The predicted molar refractivity (Wildman–Crippen MR) is 99.3 cm³/mol. The summed E-state index contributed by atoms with van der Waals surface area (Å²) >= 11 is 0. The van der Waals surface area contributed by atoms with Crippen LogP contribution in [0.1, 0.15) is 16.7 Å². The lowest BCUT2D eigenvalue weighted by Gasteiger charge is -2.19. The second-order valence-electron chi connectivity index (χ2n) is 5.66. The Morgan fingerprint density at radius 3 is 2.69 bits per heavy atom. The topological polar surface area (TPSA) is 97.9 Å². The standard InChI is InChI=1S/C18H17N5O2S/c1-14-6-8-17(9-7-14)26(24,25)23-11-10-20-18(23)22-21-13-16-5-3-2-4-15(16)12-19/h2-9,13H,10-11H2,1H3,(H,20,22)/b21-13+. The van der Waals surface area contributed by atoms with E-state index in [4.69, 9.17) is 5.26 Å². The van der Waals surface area contributed by atoms with Crippen LogP contribution < -0.4 is 5.43 Å². The Labute approximate surface area is 152 Å². The Bertz CT molecular complexity index is 1000. The van der Waals surface area contributed by atoms with Crippen LogP contribution in [0.15, 0.2) is 63.5 Å². The van der Waals surface area contributed by atoms with Crippen LogP contribution in [0.25, 0.3) is 0 Å². The Morgan fingerprint density at radius 1 is 1.23 bits per heavy atom. The van der Waals surface area contributed by atoms with Gasteiger partial charge in [0.1, 0.15) is 0 Å². The third kappa shape index (κ3) is 3.58. The van der Waals surface area contributed by atoms with Crippen LogP contribution in [0, 0.1) is 18.3 Å². The van der Waals surface area contributed by atoms with E-state index in [2.05, 4.69) is 21.6 Å². The highest BCUT2D eigenvalue weighted by Gasteiger charge is 2.30. The van der Waals surface area contributed by atoms with Crippen molar-refractivity contribution in [1.29, 1.82) is 5.26 Å². The van der Waals surface area contributed by atoms with Crippen molar-refractivity contribution in [2.45, 2.75) is 11.8 Å². The maximum Gasteiger partial charge on any atom is 0.266 e. The molecule has 1 aliphatic heterocycles. The average Bonchev–Trinajstić information content (AvgIpc) is 3.12. The molecule has 1 N–H and O–H groups in total. The van der Waals surface area contributed by atoms with Crippen LogP contribution in [-0.4, -0.2) is 38.0 Å². The van der Waals surface area contributed by atoms with Gasteiger partial charge in [-0.15, -0.1) is 0 Å². The molecule has 0 aromatic heterocycles. The molecule has 7 nitrogen and oxygen atoms in total. The molecular formula is C18H17N5O2S. The number of benzene rings is 2. The largest absolute Gasteiger partial charge is 0.266 e. The minimum Gasteiger partial charge on any atom is -0.249 e. The van der Waals surface area contributed by atoms with E-state index in [1.54, 1.807) is 48.5 Å². The molecule has 132 valence electrons. The smallest absolute Gasteiger partial charge is 0.249 e. The van der Waals surface area contributed by atoms with Crippen LogP contribution in [0.2, 0.25) is 0 Å². The van der Waals surface area contributed by atoms with Gasteiger partial charge in [-0.2, -0.15) is 10.4 Å². The van der Waals surface area contributed by atoms with E-state index in [1.807, 2.05) is 6.92 Å². The van der Waals surface area contributed by atoms with Gasteiger partial charge in [-0.25, -0.2) is 23.1 Å². The molecular weight excluding hydrogens is 350 g/mol. The van der Waals surface area contributed by atoms with Crippen molar-refractivity contribution in [3.8, 4) is 6.07 Å². The summed E-state index contributed by atoms with van der Waals surface area (Å²) < 4.78 is 26.8. The molecule has 8 heteroatoms. The molecule has 2 aromatic carbocycles. The van der Waals surface area contributed by atoms with Crippen molar-refractivity contribution in [1.82, 2.24) is 9.73 Å². The number of sulfonamides is 1. The number of guanidine groups is 1. The molecule has 0 bridgehead atoms. The molecule has 0 unspecified atom stereocenters. The van der Waals surface area contributed by atoms with Gasteiger partial charge in [0.05, 0.1) is 35.8 Å². The second-order valence-corrected chi connectivity index (χ2v) is 7.53. The highest BCUT2D eigenvalue weighted by atomic mass is 32.2. The van der Waals surface area contributed by atoms with E-state index in [1.165, 1.54) is 10.5 Å². The molecule has 0 spiro atoms. The molecule has 26 heavy (non-hydrogen) atoms. The van der Waals surface area contributed by atoms with Crippen LogP contribution in [0.5, 0.6) is 0 Å². The zero-order chi connectivity index (χ0) is 18.6. The van der Waals surface area contributed by atoms with Crippen LogP contribution in [0.3, 0.4) is 0 Å². The van der Waals surface area contributed by atoms with E-state index in [-0.39, 0.29) is 17.4 Å². The molecule has 0 radical (unpaired) electrons. The van der Waals surface area contributed by atoms with E-state index < -0.39 is 10.0 Å². The van der Waals surface area contributed by atoms with Gasteiger partial charge in [-0.05, 0) is 25.1 Å². The van der Waals surface area contributed by atoms with E-state index in [9.17, 15) is 8.42 Å². The Balaban J connectivity index is 1.77. The number of hydrazone groups is 1. The summed E-state index contributed by atoms with van der Waals surface area (Å²) in [6.45, 7) is 2.51. The number of hydrogen-bond acceptors (Lipinski definition) is 6. The van der Waals surface area contributed by atoms with Crippen molar-refractivity contribution >= 4 is 22.2 Å². The monoisotopic (exact) mass is 367 g/mol. The first kappa shape index (κ1) is 17.6. The number of nitrogens with zero attached hydrogens (tertiary/aromatic N) is 4. The third-order valence-corrected chi connectivity index (χ3v) is 5.66. The number of nitriles is 1. The second kappa shape index (κ2) is 7.37. The van der Waals surface area contributed by atoms with Crippen molar-refractivity contribution in [3.63, 3.8) is 0 Å². The molecule has 2 aromatic rings. The Morgan fingerprint density at radius 2 is 1.96 bits per heavy atom. The molecule has 1 aliphatic rings. The summed E-state index contributed by atoms with van der Waals surface area (Å²) in [5.41, 5.74) is 4.78. The predicted octanol–water partition coefficient (Wildman–Crippen LogP) is 1.85. The van der Waals surface area contributed by atoms with Gasteiger partial charge in [-0.3, -0.25) is 0 Å². The maximum absolute atomic E-state index is 12.8. The number of aliphatic imine (C=N–C) groups is 1.